The van der Waals surface area contributed by atoms with E-state index in [0.717, 1.165) is 6.42 Å². The summed E-state index contributed by atoms with van der Waals surface area (Å²) in [6.07, 6.45) is 13.1. The van der Waals surface area contributed by atoms with Gasteiger partial charge < -0.3 is 0 Å². The summed E-state index contributed by atoms with van der Waals surface area (Å²) in [5.41, 5.74) is 11.4. The summed E-state index contributed by atoms with van der Waals surface area (Å²) in [5.74, 6) is 0. The molecule has 0 saturated heterocycles. The maximum absolute atomic E-state index is 2.70. The fourth-order valence-electron chi connectivity index (χ4n) is 6.26. The molecule has 5 rings (SSSR count). The molecular weight excluding hydrogens is 512 g/mol. The van der Waals surface area contributed by atoms with Crippen LogP contribution < -0.4 is 3.27 Å². The monoisotopic (exact) mass is 556 g/mol. The van der Waals surface area contributed by atoms with Crippen molar-refractivity contribution in [2.24, 2.45) is 5.41 Å². The van der Waals surface area contributed by atoms with Gasteiger partial charge in [0.15, 0.2) is 0 Å². The van der Waals surface area contributed by atoms with Gasteiger partial charge in [0.1, 0.15) is 0 Å². The average Bonchev–Trinajstić information content (AvgIpc) is 3.52. The molecule has 0 radical (unpaired) electrons. The van der Waals surface area contributed by atoms with Crippen LogP contribution in [0, 0.1) is 5.41 Å². The summed E-state index contributed by atoms with van der Waals surface area (Å²) >= 11 is -2.18. The quantitative estimate of drug-likeness (QED) is 0.295. The van der Waals surface area contributed by atoms with E-state index in [0.29, 0.717) is 0 Å². The third-order valence-electron chi connectivity index (χ3n) is 8.64. The molecule has 0 atom stereocenters. The molecule has 1 heteroatoms. The molecular formula is C35H46Zr. The molecule has 2 aromatic rings. The van der Waals surface area contributed by atoms with Crippen molar-refractivity contribution in [2.75, 3.05) is 0 Å². The van der Waals surface area contributed by atoms with E-state index in [1.165, 1.54) is 48.8 Å². The number of allylic oxidation sites excluding steroid dienone is 4. The second kappa shape index (κ2) is 9.15. The van der Waals surface area contributed by atoms with E-state index in [9.17, 15) is 0 Å². The van der Waals surface area contributed by atoms with Crippen molar-refractivity contribution in [1.82, 2.24) is 0 Å². The van der Waals surface area contributed by atoms with Crippen molar-refractivity contribution < 1.29 is 21.3 Å². The van der Waals surface area contributed by atoms with E-state index in [4.69, 9.17) is 0 Å². The fourth-order valence-corrected chi connectivity index (χ4v) is 14.8. The van der Waals surface area contributed by atoms with Crippen LogP contribution in [-0.4, -0.2) is 3.21 Å². The summed E-state index contributed by atoms with van der Waals surface area (Å²) < 4.78 is 5.62. The number of fused-ring (bicyclic) bond motifs is 3. The Hall–Kier alpha value is -1.33. The van der Waals surface area contributed by atoms with Crippen LogP contribution in [0.3, 0.4) is 0 Å². The topological polar surface area (TPSA) is 0 Å². The van der Waals surface area contributed by atoms with E-state index in [1.807, 2.05) is 6.49 Å². The molecule has 0 aliphatic heterocycles. The zero-order valence-electron chi connectivity index (χ0n) is 24.3. The van der Waals surface area contributed by atoms with E-state index >= 15 is 0 Å². The molecule has 2 aromatic carbocycles. The minimum absolute atomic E-state index is 0.154. The first-order valence-corrected chi connectivity index (χ1v) is 17.9. The van der Waals surface area contributed by atoms with Crippen LogP contribution in [0.25, 0.3) is 11.1 Å². The predicted octanol–water partition coefficient (Wildman–Crippen LogP) is 9.10. The molecule has 0 unspecified atom stereocenters. The number of rotatable bonds is 2. The molecule has 36 heavy (non-hydrogen) atoms. The van der Waals surface area contributed by atoms with E-state index in [2.05, 4.69) is 105 Å². The Balaban J connectivity index is 1.75. The van der Waals surface area contributed by atoms with Gasteiger partial charge in [-0.1, -0.05) is 0 Å². The van der Waals surface area contributed by atoms with Gasteiger partial charge in [-0.3, -0.25) is 0 Å². The predicted molar refractivity (Wildman–Crippen MR) is 155 cm³/mol. The summed E-state index contributed by atoms with van der Waals surface area (Å²) in [7, 11) is 0. The Kier molecular flexibility index (Phi) is 6.68. The van der Waals surface area contributed by atoms with Crippen LogP contribution in [-0.2, 0) is 38.5 Å². The van der Waals surface area contributed by atoms with Gasteiger partial charge in [-0.05, 0) is 0 Å². The first kappa shape index (κ1) is 26.3. The number of hydrogen-bond acceptors (Lipinski definition) is 0. The summed E-state index contributed by atoms with van der Waals surface area (Å²) in [5, 5.41) is 0. The third-order valence-corrected chi connectivity index (χ3v) is 16.5. The van der Waals surface area contributed by atoms with Gasteiger partial charge in [-0.15, -0.1) is 0 Å². The number of hydrogen-bond donors (Lipinski definition) is 0. The first-order valence-electron chi connectivity index (χ1n) is 14.2. The standard InChI is InChI=1S/C21H25.C9H13.C5H8.Zr/c1-20(2,3)16-9-7-14-11-15-8-10-17(21(4,5)6)13-19(15)18(14)12-16;1-9(2,3)8-6-4-5-7-8;1-2-4-5-3-1;/h7,9-10,12-13H,11H2,1-6H3;6-7H,4H2,1-3H3;1-4H2;. The van der Waals surface area contributed by atoms with Crippen LogP contribution in [0.4, 0.5) is 0 Å². The first-order chi connectivity index (χ1) is 16.7. The fraction of sp³-hybridized carbons (Fsp3) is 0.514. The van der Waals surface area contributed by atoms with Gasteiger partial charge in [0.05, 0.1) is 0 Å². The Morgan fingerprint density at radius 1 is 0.694 bits per heavy atom. The Morgan fingerprint density at radius 3 is 1.92 bits per heavy atom. The van der Waals surface area contributed by atoms with E-state index < -0.39 is 21.3 Å². The number of benzene rings is 2. The van der Waals surface area contributed by atoms with Gasteiger partial charge in [0.25, 0.3) is 0 Å². The molecule has 0 aromatic heterocycles. The van der Waals surface area contributed by atoms with Crippen molar-refractivity contribution in [3.05, 3.63) is 73.6 Å². The molecule has 1 saturated carbocycles. The zero-order valence-corrected chi connectivity index (χ0v) is 26.7. The van der Waals surface area contributed by atoms with E-state index in [1.54, 1.807) is 25.5 Å². The summed E-state index contributed by atoms with van der Waals surface area (Å²) in [4.78, 5) is 0. The average molecular weight is 558 g/mol. The third kappa shape index (κ3) is 4.91. The van der Waals surface area contributed by atoms with Gasteiger partial charge in [-0.25, -0.2) is 0 Å². The molecule has 3 aliphatic rings. The second-order valence-electron chi connectivity index (χ2n) is 14.6. The molecule has 0 nitrogen and oxygen atoms in total. The maximum atomic E-state index is 2.70. The summed E-state index contributed by atoms with van der Waals surface area (Å²) in [6.45, 7) is 21.4. The normalized spacial score (nSPS) is 17.8. The zero-order chi connectivity index (χ0) is 26.0. The van der Waals surface area contributed by atoms with Crippen molar-refractivity contribution >= 4 is 6.48 Å². The van der Waals surface area contributed by atoms with Crippen molar-refractivity contribution in [2.45, 2.75) is 112 Å². The Morgan fingerprint density at radius 2 is 1.33 bits per heavy atom. The Bertz CT molecular complexity index is 1300. The van der Waals surface area contributed by atoms with Gasteiger partial charge >= 0.3 is 230 Å². The van der Waals surface area contributed by atoms with Gasteiger partial charge in [0.2, 0.25) is 0 Å². The molecule has 0 N–H and O–H groups in total. The van der Waals surface area contributed by atoms with E-state index in [-0.39, 0.29) is 16.2 Å². The SMILES string of the molecule is CC(C)(C)C1=CC[C]([Zr](=[C]2CCCC2)[c]2cc(C(C)(C)C)cc3c2Cc2ccc(C(C)(C)C)cc2-3)=C1. The molecule has 3 aliphatic carbocycles. The van der Waals surface area contributed by atoms with Crippen LogP contribution in [0.5, 0.6) is 0 Å². The van der Waals surface area contributed by atoms with Gasteiger partial charge in [0, 0.05) is 0 Å². The van der Waals surface area contributed by atoms with Gasteiger partial charge in [-0.2, -0.15) is 0 Å². The molecule has 0 heterocycles. The van der Waals surface area contributed by atoms with Crippen LogP contribution >= 0.6 is 0 Å². The van der Waals surface area contributed by atoms with Crippen molar-refractivity contribution in [1.29, 1.82) is 0 Å². The van der Waals surface area contributed by atoms with Crippen LogP contribution in [0.15, 0.2) is 51.3 Å². The summed E-state index contributed by atoms with van der Waals surface area (Å²) in [6, 6.07) is 12.6. The molecule has 0 spiro atoms. The molecule has 0 amide bonds. The van der Waals surface area contributed by atoms with Crippen molar-refractivity contribution in [3.63, 3.8) is 0 Å². The second-order valence-corrected chi connectivity index (χ2v) is 21.1. The van der Waals surface area contributed by atoms with Crippen LogP contribution in [0.2, 0.25) is 0 Å². The van der Waals surface area contributed by atoms with Crippen LogP contribution in [0.1, 0.15) is 117 Å². The minimum atomic E-state index is -2.18. The molecule has 0 bridgehead atoms. The molecule has 1 fully saturated rings. The van der Waals surface area contributed by atoms with Crippen molar-refractivity contribution in [3.8, 4) is 11.1 Å². The Labute approximate surface area is 228 Å². The molecule has 190 valence electrons.